The third kappa shape index (κ3) is 1.28. The number of rotatable bonds is 3. The zero-order chi connectivity index (χ0) is 8.60. The smallest absolute Gasteiger partial charge is 0.141 e. The zero-order valence-electron chi connectivity index (χ0n) is 7.73. The minimum atomic E-state index is -0.00438. The highest BCUT2D eigenvalue weighted by Crippen LogP contribution is 2.34. The van der Waals surface area contributed by atoms with Crippen LogP contribution in [0.5, 0.6) is 0 Å². The SMILES string of the molecule is CC1(C(=O)CC2CCC2)CNC1. The number of carbonyl (C=O) groups is 1. The van der Waals surface area contributed by atoms with E-state index < -0.39 is 0 Å². The topological polar surface area (TPSA) is 29.1 Å². The van der Waals surface area contributed by atoms with Crippen LogP contribution in [-0.2, 0) is 4.79 Å². The maximum Gasteiger partial charge on any atom is 0.141 e. The van der Waals surface area contributed by atoms with Crippen LogP contribution in [0.3, 0.4) is 0 Å². The summed E-state index contributed by atoms with van der Waals surface area (Å²) < 4.78 is 0. The molecule has 1 aliphatic heterocycles. The summed E-state index contributed by atoms with van der Waals surface area (Å²) in [6, 6.07) is 0. The molecule has 2 nitrogen and oxygen atoms in total. The van der Waals surface area contributed by atoms with Gasteiger partial charge in [0.25, 0.3) is 0 Å². The Morgan fingerprint density at radius 1 is 1.50 bits per heavy atom. The lowest BCUT2D eigenvalue weighted by Crippen LogP contribution is -2.56. The highest BCUT2D eigenvalue weighted by atomic mass is 16.1. The van der Waals surface area contributed by atoms with E-state index in [1.165, 1.54) is 19.3 Å². The molecule has 0 amide bonds. The van der Waals surface area contributed by atoms with Gasteiger partial charge in [0, 0.05) is 19.5 Å². The molecule has 0 radical (unpaired) electrons. The molecule has 0 unspecified atom stereocenters. The van der Waals surface area contributed by atoms with E-state index in [2.05, 4.69) is 12.2 Å². The summed E-state index contributed by atoms with van der Waals surface area (Å²) in [7, 11) is 0. The van der Waals surface area contributed by atoms with Crippen LogP contribution in [0.4, 0.5) is 0 Å². The second-order valence-electron chi connectivity index (χ2n) is 4.59. The quantitative estimate of drug-likeness (QED) is 0.687. The second-order valence-corrected chi connectivity index (χ2v) is 4.59. The van der Waals surface area contributed by atoms with Gasteiger partial charge in [0.1, 0.15) is 5.78 Å². The van der Waals surface area contributed by atoms with E-state index in [4.69, 9.17) is 0 Å². The van der Waals surface area contributed by atoms with Crippen LogP contribution in [0.15, 0.2) is 0 Å². The molecule has 1 saturated carbocycles. The van der Waals surface area contributed by atoms with Crippen molar-refractivity contribution < 1.29 is 4.79 Å². The molecule has 1 aliphatic carbocycles. The fourth-order valence-electron chi connectivity index (χ4n) is 1.90. The summed E-state index contributed by atoms with van der Waals surface area (Å²) in [6.07, 6.45) is 4.76. The van der Waals surface area contributed by atoms with Gasteiger partial charge in [0.2, 0.25) is 0 Å². The first-order valence-corrected chi connectivity index (χ1v) is 4.95. The van der Waals surface area contributed by atoms with Crippen LogP contribution in [0.25, 0.3) is 0 Å². The molecule has 68 valence electrons. The number of carbonyl (C=O) groups excluding carboxylic acids is 1. The van der Waals surface area contributed by atoms with Gasteiger partial charge < -0.3 is 5.32 Å². The number of hydrogen-bond donors (Lipinski definition) is 1. The first-order valence-electron chi connectivity index (χ1n) is 4.95. The number of Topliss-reactive ketones (excluding diaryl/α,β-unsaturated/α-hetero) is 1. The summed E-state index contributed by atoms with van der Waals surface area (Å²) in [5, 5.41) is 3.17. The lowest BCUT2D eigenvalue weighted by molar-refractivity contribution is -0.132. The second kappa shape index (κ2) is 2.84. The lowest BCUT2D eigenvalue weighted by Gasteiger charge is -2.39. The Kier molecular flexibility index (Phi) is 1.95. The molecule has 0 bridgehead atoms. The third-order valence-corrected chi connectivity index (χ3v) is 3.40. The fraction of sp³-hybridized carbons (Fsp3) is 0.900. The summed E-state index contributed by atoms with van der Waals surface area (Å²) >= 11 is 0. The molecule has 12 heavy (non-hydrogen) atoms. The molecule has 1 N–H and O–H groups in total. The van der Waals surface area contributed by atoms with E-state index in [-0.39, 0.29) is 5.41 Å². The van der Waals surface area contributed by atoms with E-state index in [0.29, 0.717) is 5.78 Å². The highest BCUT2D eigenvalue weighted by Gasteiger charge is 2.39. The number of nitrogens with one attached hydrogen (secondary N) is 1. The zero-order valence-corrected chi connectivity index (χ0v) is 7.73. The molecule has 1 saturated heterocycles. The van der Waals surface area contributed by atoms with Crippen molar-refractivity contribution in [2.45, 2.75) is 32.6 Å². The van der Waals surface area contributed by atoms with E-state index in [0.717, 1.165) is 25.4 Å². The van der Waals surface area contributed by atoms with Crippen LogP contribution in [0.2, 0.25) is 0 Å². The standard InChI is InChI=1S/C10H17NO/c1-10(6-11-7-10)9(12)5-8-3-2-4-8/h8,11H,2-7H2,1H3. The predicted molar refractivity (Wildman–Crippen MR) is 47.9 cm³/mol. The Hall–Kier alpha value is -0.370. The average Bonchev–Trinajstić information content (AvgIpc) is 1.91. The Bertz CT molecular complexity index is 192. The first-order chi connectivity index (χ1) is 5.71. The van der Waals surface area contributed by atoms with Crippen molar-refractivity contribution in [3.63, 3.8) is 0 Å². The van der Waals surface area contributed by atoms with Gasteiger partial charge in [-0.15, -0.1) is 0 Å². The average molecular weight is 167 g/mol. The number of hydrogen-bond acceptors (Lipinski definition) is 2. The first kappa shape index (κ1) is 8.24. The van der Waals surface area contributed by atoms with Crippen molar-refractivity contribution in [1.82, 2.24) is 5.32 Å². The van der Waals surface area contributed by atoms with Crippen LogP contribution in [0, 0.1) is 11.3 Å². The van der Waals surface area contributed by atoms with Gasteiger partial charge in [0.15, 0.2) is 0 Å². The number of ketones is 1. The molecule has 0 aromatic heterocycles. The van der Waals surface area contributed by atoms with Gasteiger partial charge in [-0.2, -0.15) is 0 Å². The van der Waals surface area contributed by atoms with Gasteiger partial charge >= 0.3 is 0 Å². The van der Waals surface area contributed by atoms with Gasteiger partial charge in [-0.25, -0.2) is 0 Å². The van der Waals surface area contributed by atoms with Crippen molar-refractivity contribution >= 4 is 5.78 Å². The van der Waals surface area contributed by atoms with E-state index >= 15 is 0 Å². The van der Waals surface area contributed by atoms with E-state index in [1.54, 1.807) is 0 Å². The molecule has 2 rings (SSSR count). The predicted octanol–water partition coefficient (Wildman–Crippen LogP) is 1.36. The van der Waals surface area contributed by atoms with E-state index in [1.807, 2.05) is 0 Å². The van der Waals surface area contributed by atoms with Crippen molar-refractivity contribution in [2.24, 2.45) is 11.3 Å². The van der Waals surface area contributed by atoms with Crippen molar-refractivity contribution in [3.05, 3.63) is 0 Å². The summed E-state index contributed by atoms with van der Waals surface area (Å²) in [5.74, 6) is 1.22. The Morgan fingerprint density at radius 2 is 2.17 bits per heavy atom. The third-order valence-electron chi connectivity index (χ3n) is 3.40. The maximum atomic E-state index is 11.7. The van der Waals surface area contributed by atoms with E-state index in [9.17, 15) is 4.79 Å². The normalized spacial score (nSPS) is 27.4. The Labute approximate surface area is 73.7 Å². The Morgan fingerprint density at radius 3 is 2.50 bits per heavy atom. The monoisotopic (exact) mass is 167 g/mol. The molecular formula is C10H17NO. The molecule has 2 heteroatoms. The highest BCUT2D eigenvalue weighted by molar-refractivity contribution is 5.86. The Balaban J connectivity index is 1.82. The largest absolute Gasteiger partial charge is 0.315 e. The minimum Gasteiger partial charge on any atom is -0.315 e. The van der Waals surface area contributed by atoms with Crippen LogP contribution >= 0.6 is 0 Å². The molecule has 0 spiro atoms. The summed E-state index contributed by atoms with van der Waals surface area (Å²) in [5.41, 5.74) is -0.00438. The minimum absolute atomic E-state index is 0.00438. The van der Waals surface area contributed by atoms with Crippen LogP contribution in [-0.4, -0.2) is 18.9 Å². The van der Waals surface area contributed by atoms with Crippen molar-refractivity contribution in [2.75, 3.05) is 13.1 Å². The van der Waals surface area contributed by atoms with Gasteiger partial charge in [-0.1, -0.05) is 26.2 Å². The maximum absolute atomic E-state index is 11.7. The van der Waals surface area contributed by atoms with Gasteiger partial charge in [-0.05, 0) is 5.92 Å². The molecule has 1 heterocycles. The molecule has 0 atom stereocenters. The molecular weight excluding hydrogens is 150 g/mol. The lowest BCUT2D eigenvalue weighted by atomic mass is 9.73. The molecule has 0 aromatic rings. The van der Waals surface area contributed by atoms with Gasteiger partial charge in [0.05, 0.1) is 5.41 Å². The van der Waals surface area contributed by atoms with Crippen LogP contribution in [0.1, 0.15) is 32.6 Å². The molecule has 0 aromatic carbocycles. The molecule has 2 fully saturated rings. The summed E-state index contributed by atoms with van der Waals surface area (Å²) in [6.45, 7) is 3.89. The molecule has 2 aliphatic rings. The van der Waals surface area contributed by atoms with Crippen molar-refractivity contribution in [3.8, 4) is 0 Å². The van der Waals surface area contributed by atoms with Gasteiger partial charge in [-0.3, -0.25) is 4.79 Å². The van der Waals surface area contributed by atoms with Crippen LogP contribution < -0.4 is 5.32 Å². The van der Waals surface area contributed by atoms with Crippen molar-refractivity contribution in [1.29, 1.82) is 0 Å². The fourth-order valence-corrected chi connectivity index (χ4v) is 1.90. The summed E-state index contributed by atoms with van der Waals surface area (Å²) in [4.78, 5) is 11.7.